The molecule has 122 valence electrons. The Morgan fingerprint density at radius 2 is 2.13 bits per heavy atom. The summed E-state index contributed by atoms with van der Waals surface area (Å²) in [4.78, 5) is 17.8. The summed E-state index contributed by atoms with van der Waals surface area (Å²) in [7, 11) is 1.91. The van der Waals surface area contributed by atoms with E-state index in [1.54, 1.807) is 31.2 Å². The predicted octanol–water partition coefficient (Wildman–Crippen LogP) is 3.43. The van der Waals surface area contributed by atoms with Crippen LogP contribution in [0.15, 0.2) is 42.6 Å². The number of hydrogen-bond donors (Lipinski definition) is 0. The van der Waals surface area contributed by atoms with Crippen LogP contribution in [0.1, 0.15) is 17.3 Å². The predicted molar refractivity (Wildman–Crippen MR) is 90.4 cm³/mol. The monoisotopic (exact) mass is 334 g/mol. The van der Waals surface area contributed by atoms with Crippen LogP contribution >= 0.6 is 11.6 Å². The smallest absolute Gasteiger partial charge is 0.339 e. The van der Waals surface area contributed by atoms with Gasteiger partial charge in [0, 0.05) is 18.3 Å². The first kappa shape index (κ1) is 17.1. The number of rotatable bonds is 7. The van der Waals surface area contributed by atoms with Crippen molar-refractivity contribution in [2.75, 3.05) is 31.7 Å². The zero-order valence-corrected chi connectivity index (χ0v) is 13.9. The molecule has 0 amide bonds. The summed E-state index contributed by atoms with van der Waals surface area (Å²) < 4.78 is 10.6. The molecule has 0 saturated heterocycles. The summed E-state index contributed by atoms with van der Waals surface area (Å²) in [6.45, 7) is 3.27. The Labute approximate surface area is 140 Å². The van der Waals surface area contributed by atoms with E-state index in [0.29, 0.717) is 30.3 Å². The van der Waals surface area contributed by atoms with Crippen LogP contribution in [0.25, 0.3) is 0 Å². The summed E-state index contributed by atoms with van der Waals surface area (Å²) in [5.41, 5.74) is 0.444. The van der Waals surface area contributed by atoms with Crippen LogP contribution in [-0.4, -0.2) is 37.8 Å². The van der Waals surface area contributed by atoms with E-state index in [1.165, 1.54) is 6.20 Å². The van der Waals surface area contributed by atoms with E-state index in [2.05, 4.69) is 4.98 Å². The quantitative estimate of drug-likeness (QED) is 0.726. The fraction of sp³-hybridized carbons (Fsp3) is 0.294. The normalized spacial score (nSPS) is 10.2. The van der Waals surface area contributed by atoms with Gasteiger partial charge in [-0.1, -0.05) is 17.7 Å². The topological polar surface area (TPSA) is 51.7 Å². The Bertz CT molecular complexity index is 647. The van der Waals surface area contributed by atoms with Crippen LogP contribution in [0, 0.1) is 0 Å². The lowest BCUT2D eigenvalue weighted by molar-refractivity contribution is 0.0526. The molecule has 5 nitrogen and oxygen atoms in total. The molecule has 0 aliphatic heterocycles. The molecule has 6 heteroatoms. The van der Waals surface area contributed by atoms with Gasteiger partial charge in [0.15, 0.2) is 0 Å². The van der Waals surface area contributed by atoms with Gasteiger partial charge < -0.3 is 14.4 Å². The molecule has 1 aromatic heterocycles. The standard InChI is InChI=1S/C17H19ClN2O3/c1-3-22-17(21)13-7-8-16(19-12-13)20(2)9-10-23-15-6-4-5-14(18)11-15/h4-8,11-12H,3,9-10H2,1-2H3. The molecular formula is C17H19ClN2O3. The maximum absolute atomic E-state index is 11.6. The molecular weight excluding hydrogens is 316 g/mol. The lowest BCUT2D eigenvalue weighted by Gasteiger charge is -2.18. The van der Waals surface area contributed by atoms with E-state index >= 15 is 0 Å². The van der Waals surface area contributed by atoms with Crippen LogP contribution in [0.3, 0.4) is 0 Å². The Morgan fingerprint density at radius 1 is 1.30 bits per heavy atom. The molecule has 23 heavy (non-hydrogen) atoms. The number of hydrogen-bond acceptors (Lipinski definition) is 5. The molecule has 0 radical (unpaired) electrons. The number of carbonyl (C=O) groups excluding carboxylic acids is 1. The van der Waals surface area contributed by atoms with Gasteiger partial charge in [-0.2, -0.15) is 0 Å². The third-order valence-corrected chi connectivity index (χ3v) is 3.38. The minimum absolute atomic E-state index is 0.349. The van der Waals surface area contributed by atoms with Crippen molar-refractivity contribution in [2.24, 2.45) is 0 Å². The average Bonchev–Trinajstić information content (AvgIpc) is 2.55. The van der Waals surface area contributed by atoms with E-state index in [9.17, 15) is 4.79 Å². The Kier molecular flexibility index (Phi) is 6.23. The van der Waals surface area contributed by atoms with Gasteiger partial charge in [0.05, 0.1) is 18.7 Å². The van der Waals surface area contributed by atoms with Crippen molar-refractivity contribution >= 4 is 23.4 Å². The number of esters is 1. The van der Waals surface area contributed by atoms with Gasteiger partial charge in [0.25, 0.3) is 0 Å². The van der Waals surface area contributed by atoms with E-state index < -0.39 is 0 Å². The molecule has 1 heterocycles. The number of benzene rings is 1. The maximum atomic E-state index is 11.6. The first-order chi connectivity index (χ1) is 11.1. The van der Waals surface area contributed by atoms with Crippen molar-refractivity contribution in [1.82, 2.24) is 4.98 Å². The number of anilines is 1. The number of aromatic nitrogens is 1. The fourth-order valence-electron chi connectivity index (χ4n) is 1.92. The SMILES string of the molecule is CCOC(=O)c1ccc(N(C)CCOc2cccc(Cl)c2)nc1. The highest BCUT2D eigenvalue weighted by Gasteiger charge is 2.08. The van der Waals surface area contributed by atoms with Gasteiger partial charge in [-0.3, -0.25) is 0 Å². The van der Waals surface area contributed by atoms with Crippen molar-refractivity contribution < 1.29 is 14.3 Å². The second-order valence-electron chi connectivity index (χ2n) is 4.85. The maximum Gasteiger partial charge on any atom is 0.339 e. The van der Waals surface area contributed by atoms with Gasteiger partial charge >= 0.3 is 5.97 Å². The van der Waals surface area contributed by atoms with Gasteiger partial charge in [-0.15, -0.1) is 0 Å². The summed E-state index contributed by atoms with van der Waals surface area (Å²) >= 11 is 5.91. The van der Waals surface area contributed by atoms with Crippen LogP contribution in [0.5, 0.6) is 5.75 Å². The van der Waals surface area contributed by atoms with Gasteiger partial charge in [0.1, 0.15) is 18.2 Å². The van der Waals surface area contributed by atoms with E-state index in [1.807, 2.05) is 24.1 Å². The van der Waals surface area contributed by atoms with E-state index in [0.717, 1.165) is 11.6 Å². The third-order valence-electron chi connectivity index (χ3n) is 3.14. The van der Waals surface area contributed by atoms with E-state index in [4.69, 9.17) is 21.1 Å². The zero-order valence-electron chi connectivity index (χ0n) is 13.2. The second-order valence-corrected chi connectivity index (χ2v) is 5.29. The number of nitrogens with zero attached hydrogens (tertiary/aromatic N) is 2. The first-order valence-electron chi connectivity index (χ1n) is 7.33. The summed E-state index contributed by atoms with van der Waals surface area (Å²) in [6.07, 6.45) is 1.52. The van der Waals surface area contributed by atoms with Gasteiger partial charge in [0.2, 0.25) is 0 Å². The molecule has 1 aromatic carbocycles. The highest BCUT2D eigenvalue weighted by atomic mass is 35.5. The van der Waals surface area contributed by atoms with Gasteiger partial charge in [-0.25, -0.2) is 9.78 Å². The number of likely N-dealkylation sites (N-methyl/N-ethyl adjacent to an activating group) is 1. The van der Waals surface area contributed by atoms with Crippen molar-refractivity contribution in [3.05, 3.63) is 53.2 Å². The summed E-state index contributed by atoms with van der Waals surface area (Å²) in [5, 5.41) is 0.645. The molecule has 0 unspecified atom stereocenters. The van der Waals surface area contributed by atoms with Crippen LogP contribution in [0.2, 0.25) is 5.02 Å². The highest BCUT2D eigenvalue weighted by molar-refractivity contribution is 6.30. The second kappa shape index (κ2) is 8.39. The van der Waals surface area contributed by atoms with Crippen LogP contribution in [0.4, 0.5) is 5.82 Å². The van der Waals surface area contributed by atoms with Gasteiger partial charge in [-0.05, 0) is 37.3 Å². The van der Waals surface area contributed by atoms with E-state index in [-0.39, 0.29) is 5.97 Å². The van der Waals surface area contributed by atoms with Crippen molar-refractivity contribution in [3.63, 3.8) is 0 Å². The molecule has 0 atom stereocenters. The Morgan fingerprint density at radius 3 is 2.78 bits per heavy atom. The summed E-state index contributed by atoms with van der Waals surface area (Å²) in [5.74, 6) is 1.13. The molecule has 0 aliphatic rings. The molecule has 2 aromatic rings. The number of halogens is 1. The zero-order chi connectivity index (χ0) is 16.7. The van der Waals surface area contributed by atoms with Crippen molar-refractivity contribution in [1.29, 1.82) is 0 Å². The number of carbonyl (C=O) groups is 1. The molecule has 0 fully saturated rings. The van der Waals surface area contributed by atoms with Crippen molar-refractivity contribution in [3.8, 4) is 5.75 Å². The Hall–Kier alpha value is -2.27. The molecule has 0 saturated carbocycles. The molecule has 0 spiro atoms. The average molecular weight is 335 g/mol. The number of pyridine rings is 1. The van der Waals surface area contributed by atoms with Crippen LogP contribution in [-0.2, 0) is 4.74 Å². The molecule has 0 bridgehead atoms. The fourth-order valence-corrected chi connectivity index (χ4v) is 2.10. The Balaban J connectivity index is 1.85. The lowest BCUT2D eigenvalue weighted by Crippen LogP contribution is -2.24. The number of ether oxygens (including phenoxy) is 2. The summed E-state index contributed by atoms with van der Waals surface area (Å²) in [6, 6.07) is 10.8. The third kappa shape index (κ3) is 5.14. The molecule has 0 aliphatic carbocycles. The molecule has 0 N–H and O–H groups in total. The minimum atomic E-state index is -0.363. The molecule has 2 rings (SSSR count). The largest absolute Gasteiger partial charge is 0.492 e. The lowest BCUT2D eigenvalue weighted by atomic mass is 10.3. The first-order valence-corrected chi connectivity index (χ1v) is 7.70. The van der Waals surface area contributed by atoms with Crippen LogP contribution < -0.4 is 9.64 Å². The minimum Gasteiger partial charge on any atom is -0.492 e. The van der Waals surface area contributed by atoms with Crippen molar-refractivity contribution in [2.45, 2.75) is 6.92 Å². The highest BCUT2D eigenvalue weighted by Crippen LogP contribution is 2.17.